The van der Waals surface area contributed by atoms with Gasteiger partial charge < -0.3 is 5.32 Å². The molecule has 140 valence electrons. The van der Waals surface area contributed by atoms with Crippen LogP contribution >= 0.6 is 15.9 Å². The normalized spacial score (nSPS) is 12.6. The maximum Gasteiger partial charge on any atom is 0.175 e. The fraction of sp³-hybridized carbons (Fsp3) is 0.190. The first-order valence-electron chi connectivity index (χ1n) is 8.49. The summed E-state index contributed by atoms with van der Waals surface area (Å²) in [7, 11) is -3.28. The maximum atomic E-state index is 12.0. The third kappa shape index (κ3) is 4.76. The second-order valence-corrected chi connectivity index (χ2v) is 9.52. The molecular formula is C21H21BrN2O2S. The highest BCUT2D eigenvalue weighted by Gasteiger charge is 2.17. The van der Waals surface area contributed by atoms with Gasteiger partial charge in [-0.1, -0.05) is 42.0 Å². The minimum Gasteiger partial charge on any atom is -0.359 e. The van der Waals surface area contributed by atoms with Gasteiger partial charge in [-0.3, -0.25) is 0 Å². The van der Waals surface area contributed by atoms with Gasteiger partial charge >= 0.3 is 0 Å². The Hall–Kier alpha value is -2.18. The number of hydrogen-bond acceptors (Lipinski definition) is 4. The van der Waals surface area contributed by atoms with E-state index in [9.17, 15) is 8.42 Å². The number of nitrogens with zero attached hydrogens (tertiary/aromatic N) is 1. The van der Waals surface area contributed by atoms with Crippen LogP contribution in [0.3, 0.4) is 0 Å². The van der Waals surface area contributed by atoms with Crippen molar-refractivity contribution in [2.75, 3.05) is 11.6 Å². The molecule has 0 amide bonds. The molecule has 3 rings (SSSR count). The van der Waals surface area contributed by atoms with Crippen molar-refractivity contribution in [2.24, 2.45) is 0 Å². The number of aryl methyl sites for hydroxylation is 2. The maximum absolute atomic E-state index is 12.0. The van der Waals surface area contributed by atoms with E-state index in [1.165, 1.54) is 11.8 Å². The highest BCUT2D eigenvalue weighted by atomic mass is 79.9. The Morgan fingerprint density at radius 1 is 1.00 bits per heavy atom. The largest absolute Gasteiger partial charge is 0.359 e. The topological polar surface area (TPSA) is 59.1 Å². The van der Waals surface area contributed by atoms with E-state index in [-0.39, 0.29) is 6.04 Å². The highest BCUT2D eigenvalue weighted by Crippen LogP contribution is 2.29. The Labute approximate surface area is 168 Å². The van der Waals surface area contributed by atoms with E-state index in [0.29, 0.717) is 4.90 Å². The molecule has 0 aliphatic rings. The van der Waals surface area contributed by atoms with Gasteiger partial charge in [-0.05, 0) is 64.7 Å². The first kappa shape index (κ1) is 19.6. The first-order valence-corrected chi connectivity index (χ1v) is 11.2. The monoisotopic (exact) mass is 444 g/mol. The summed E-state index contributed by atoms with van der Waals surface area (Å²) >= 11 is 3.47. The summed E-state index contributed by atoms with van der Waals surface area (Å²) in [6.07, 6.45) is 2.98. The second-order valence-electron chi connectivity index (χ2n) is 6.65. The predicted octanol–water partition coefficient (Wildman–Crippen LogP) is 5.07. The third-order valence-corrected chi connectivity index (χ3v) is 6.31. The number of halogens is 1. The van der Waals surface area contributed by atoms with Crippen LogP contribution < -0.4 is 5.32 Å². The molecule has 0 bridgehead atoms. The van der Waals surface area contributed by atoms with Gasteiger partial charge in [0.15, 0.2) is 9.84 Å². The van der Waals surface area contributed by atoms with Crippen LogP contribution in [0, 0.1) is 13.8 Å². The molecule has 2 aromatic carbocycles. The summed E-state index contributed by atoms with van der Waals surface area (Å²) in [5, 5.41) is 3.45. The summed E-state index contributed by atoms with van der Waals surface area (Å²) in [4.78, 5) is 4.75. The fourth-order valence-electron chi connectivity index (χ4n) is 2.81. The van der Waals surface area contributed by atoms with Gasteiger partial charge in [0, 0.05) is 16.9 Å². The molecule has 0 radical (unpaired) electrons. The zero-order valence-electron chi connectivity index (χ0n) is 15.4. The van der Waals surface area contributed by atoms with E-state index in [4.69, 9.17) is 0 Å². The van der Waals surface area contributed by atoms with Crippen LogP contribution in [0.5, 0.6) is 0 Å². The molecule has 0 aliphatic carbocycles. The summed E-state index contributed by atoms with van der Waals surface area (Å²) in [5.74, 6) is 0.728. The van der Waals surface area contributed by atoms with Gasteiger partial charge in [-0.25, -0.2) is 13.4 Å². The number of sulfone groups is 1. The van der Waals surface area contributed by atoms with Gasteiger partial charge in [0.1, 0.15) is 5.82 Å². The summed E-state index contributed by atoms with van der Waals surface area (Å²) in [6.45, 7) is 4.04. The summed E-state index contributed by atoms with van der Waals surface area (Å²) in [5.41, 5.74) is 4.14. The lowest BCUT2D eigenvalue weighted by atomic mass is 9.97. The number of anilines is 1. The Balaban J connectivity index is 2.07. The molecule has 0 aliphatic heterocycles. The number of aromatic nitrogens is 1. The molecule has 1 unspecified atom stereocenters. The first-order chi connectivity index (χ1) is 12.7. The van der Waals surface area contributed by atoms with Gasteiger partial charge in [-0.2, -0.15) is 0 Å². The van der Waals surface area contributed by atoms with Crippen LogP contribution in [-0.4, -0.2) is 19.7 Å². The molecule has 1 atom stereocenters. The van der Waals surface area contributed by atoms with E-state index in [0.717, 1.165) is 27.0 Å². The lowest BCUT2D eigenvalue weighted by Gasteiger charge is -2.21. The Morgan fingerprint density at radius 2 is 1.70 bits per heavy atom. The smallest absolute Gasteiger partial charge is 0.175 e. The Kier molecular flexibility index (Phi) is 5.67. The third-order valence-electron chi connectivity index (χ3n) is 4.37. The minimum atomic E-state index is -3.28. The molecule has 6 heteroatoms. The molecule has 1 heterocycles. The van der Waals surface area contributed by atoms with E-state index >= 15 is 0 Å². The van der Waals surface area contributed by atoms with Crippen molar-refractivity contribution in [1.82, 2.24) is 4.98 Å². The van der Waals surface area contributed by atoms with Crippen molar-refractivity contribution >= 4 is 31.6 Å². The molecule has 1 aromatic heterocycles. The van der Waals surface area contributed by atoms with Gasteiger partial charge in [0.05, 0.1) is 10.9 Å². The van der Waals surface area contributed by atoms with Crippen LogP contribution in [0.25, 0.3) is 0 Å². The molecule has 3 aromatic rings. The van der Waals surface area contributed by atoms with Crippen molar-refractivity contribution in [1.29, 1.82) is 0 Å². The molecule has 0 saturated heterocycles. The number of hydrogen-bond donors (Lipinski definition) is 1. The average molecular weight is 445 g/mol. The standard InChI is InChI=1S/C21H21BrN2O2S/c1-14-7-9-16(10-8-14)21(24-20-11-15(2)19(22)13-23-20)17-5-4-6-18(12-17)27(3,25)26/h4-13,21H,1-3H3,(H,23,24). The van der Waals surface area contributed by atoms with E-state index in [2.05, 4.69) is 26.2 Å². The molecular weight excluding hydrogens is 424 g/mol. The summed E-state index contributed by atoms with van der Waals surface area (Å²) < 4.78 is 24.9. The highest BCUT2D eigenvalue weighted by molar-refractivity contribution is 9.10. The molecule has 27 heavy (non-hydrogen) atoms. The zero-order valence-corrected chi connectivity index (χ0v) is 17.8. The lowest BCUT2D eigenvalue weighted by molar-refractivity contribution is 0.601. The van der Waals surface area contributed by atoms with Crippen molar-refractivity contribution < 1.29 is 8.42 Å². The van der Waals surface area contributed by atoms with E-state index < -0.39 is 9.84 Å². The molecule has 0 fully saturated rings. The van der Waals surface area contributed by atoms with Crippen LogP contribution in [-0.2, 0) is 9.84 Å². The van der Waals surface area contributed by atoms with Gasteiger partial charge in [0.2, 0.25) is 0 Å². The Morgan fingerprint density at radius 3 is 2.33 bits per heavy atom. The van der Waals surface area contributed by atoms with Gasteiger partial charge in [0.25, 0.3) is 0 Å². The van der Waals surface area contributed by atoms with Crippen molar-refractivity contribution in [3.05, 3.63) is 87.5 Å². The van der Waals surface area contributed by atoms with Crippen molar-refractivity contribution in [3.63, 3.8) is 0 Å². The van der Waals surface area contributed by atoms with Crippen molar-refractivity contribution in [3.8, 4) is 0 Å². The number of nitrogens with one attached hydrogen (secondary N) is 1. The average Bonchev–Trinajstić information content (AvgIpc) is 2.63. The number of benzene rings is 2. The SMILES string of the molecule is Cc1ccc(C(Nc2cc(C)c(Br)cn2)c2cccc(S(C)(=O)=O)c2)cc1. The van der Waals surface area contributed by atoms with Gasteiger partial charge in [-0.15, -0.1) is 0 Å². The van der Waals surface area contributed by atoms with Crippen LogP contribution in [0.4, 0.5) is 5.82 Å². The van der Waals surface area contributed by atoms with E-state index in [1.54, 1.807) is 24.4 Å². The number of rotatable bonds is 5. The second kappa shape index (κ2) is 7.82. The van der Waals surface area contributed by atoms with Crippen LogP contribution in [0.15, 0.2) is 70.2 Å². The number of pyridine rings is 1. The van der Waals surface area contributed by atoms with Crippen LogP contribution in [0.1, 0.15) is 28.3 Å². The quantitative estimate of drug-likeness (QED) is 0.596. The molecule has 4 nitrogen and oxygen atoms in total. The van der Waals surface area contributed by atoms with Crippen LogP contribution in [0.2, 0.25) is 0 Å². The fourth-order valence-corrected chi connectivity index (χ4v) is 3.70. The molecule has 0 saturated carbocycles. The summed E-state index contributed by atoms with van der Waals surface area (Å²) in [6, 6.07) is 17.0. The minimum absolute atomic E-state index is 0.222. The van der Waals surface area contributed by atoms with E-state index in [1.807, 2.05) is 50.2 Å². The molecule has 1 N–H and O–H groups in total. The predicted molar refractivity (Wildman–Crippen MR) is 113 cm³/mol. The molecule has 0 spiro atoms. The Bertz CT molecular complexity index is 1060. The zero-order chi connectivity index (χ0) is 19.6. The lowest BCUT2D eigenvalue weighted by Crippen LogP contribution is -2.14. The van der Waals surface area contributed by atoms with Crippen molar-refractivity contribution in [2.45, 2.75) is 24.8 Å².